The third kappa shape index (κ3) is 4.90. The van der Waals surface area contributed by atoms with E-state index in [4.69, 9.17) is 0 Å². The highest BCUT2D eigenvalue weighted by Crippen LogP contribution is 2.22. The van der Waals surface area contributed by atoms with E-state index in [0.717, 1.165) is 17.8 Å². The first-order valence-electron chi connectivity index (χ1n) is 9.63. The average molecular weight is 473 g/mol. The molecule has 1 heterocycles. The summed E-state index contributed by atoms with van der Waals surface area (Å²) in [6.07, 6.45) is 0. The Hall–Kier alpha value is -3.66. The molecule has 10 heteroatoms. The Balaban J connectivity index is 1.61. The maximum Gasteiger partial charge on any atom is 0.262 e. The van der Waals surface area contributed by atoms with Gasteiger partial charge in [-0.15, -0.1) is 0 Å². The highest BCUT2D eigenvalue weighted by atomic mass is 32.2. The number of nitrogens with zero attached hydrogens (tertiary/aromatic N) is 2. The molecule has 0 saturated carbocycles. The summed E-state index contributed by atoms with van der Waals surface area (Å²) in [5.41, 5.74) is 0.215. The van der Waals surface area contributed by atoms with Crippen LogP contribution in [0.2, 0.25) is 0 Å². The molecular weight excluding hydrogens is 458 g/mol. The Morgan fingerprint density at radius 3 is 2.42 bits per heavy atom. The molecule has 0 unspecified atom stereocenters. The van der Waals surface area contributed by atoms with Gasteiger partial charge in [0, 0.05) is 0 Å². The Morgan fingerprint density at radius 2 is 1.67 bits per heavy atom. The smallest absolute Gasteiger partial charge is 0.262 e. The maximum absolute atomic E-state index is 13.8. The maximum atomic E-state index is 13.8. The van der Waals surface area contributed by atoms with Gasteiger partial charge in [-0.3, -0.25) is 14.2 Å². The SMILES string of the molecule is O=C(CSc1nc2ccccc2c(=O)n1Cc1ccc(F)cc1)Nc1ccc(F)c(F)c1F. The molecule has 1 aromatic heterocycles. The van der Waals surface area contributed by atoms with Crippen molar-refractivity contribution in [1.29, 1.82) is 0 Å². The summed E-state index contributed by atoms with van der Waals surface area (Å²) in [6, 6.07) is 13.9. The van der Waals surface area contributed by atoms with E-state index in [2.05, 4.69) is 10.3 Å². The third-order valence-electron chi connectivity index (χ3n) is 4.72. The summed E-state index contributed by atoms with van der Waals surface area (Å²) in [5.74, 6) is -5.98. The van der Waals surface area contributed by atoms with Crippen LogP contribution >= 0.6 is 11.8 Å². The first-order valence-corrected chi connectivity index (χ1v) is 10.6. The second-order valence-electron chi connectivity index (χ2n) is 6.99. The summed E-state index contributed by atoms with van der Waals surface area (Å²) in [4.78, 5) is 29.9. The van der Waals surface area contributed by atoms with Gasteiger partial charge in [-0.2, -0.15) is 0 Å². The lowest BCUT2D eigenvalue weighted by Gasteiger charge is -2.13. The van der Waals surface area contributed by atoms with Gasteiger partial charge in [0.15, 0.2) is 22.6 Å². The van der Waals surface area contributed by atoms with Crippen LogP contribution in [0.3, 0.4) is 0 Å². The second-order valence-corrected chi connectivity index (χ2v) is 7.93. The van der Waals surface area contributed by atoms with Crippen molar-refractivity contribution in [3.8, 4) is 0 Å². The van der Waals surface area contributed by atoms with Crippen LogP contribution in [0.25, 0.3) is 10.9 Å². The van der Waals surface area contributed by atoms with Crippen LogP contribution < -0.4 is 10.9 Å². The molecule has 1 amide bonds. The number of para-hydroxylation sites is 1. The van der Waals surface area contributed by atoms with Crippen molar-refractivity contribution < 1.29 is 22.4 Å². The fourth-order valence-electron chi connectivity index (χ4n) is 3.11. The lowest BCUT2D eigenvalue weighted by molar-refractivity contribution is -0.113. The molecule has 1 N–H and O–H groups in total. The number of carbonyl (C=O) groups excluding carboxylic acids is 1. The van der Waals surface area contributed by atoms with Crippen LogP contribution in [0.15, 0.2) is 70.6 Å². The Bertz CT molecular complexity index is 1410. The molecule has 0 saturated heterocycles. The Labute approximate surface area is 189 Å². The van der Waals surface area contributed by atoms with E-state index in [0.29, 0.717) is 22.5 Å². The number of rotatable bonds is 6. The summed E-state index contributed by atoms with van der Waals surface area (Å²) in [5, 5.41) is 2.76. The van der Waals surface area contributed by atoms with Crippen molar-refractivity contribution >= 4 is 34.3 Å². The van der Waals surface area contributed by atoms with Gasteiger partial charge in [0.25, 0.3) is 5.56 Å². The van der Waals surface area contributed by atoms with Crippen LogP contribution in [-0.2, 0) is 11.3 Å². The van der Waals surface area contributed by atoms with E-state index in [1.54, 1.807) is 24.3 Å². The molecule has 0 aliphatic rings. The minimum atomic E-state index is -1.69. The van der Waals surface area contributed by atoms with Crippen LogP contribution in [-0.4, -0.2) is 21.2 Å². The zero-order valence-corrected chi connectivity index (χ0v) is 17.6. The molecule has 33 heavy (non-hydrogen) atoms. The van der Waals surface area contributed by atoms with Crippen molar-refractivity contribution in [1.82, 2.24) is 9.55 Å². The quantitative estimate of drug-likeness (QED) is 0.190. The van der Waals surface area contributed by atoms with Crippen LogP contribution in [0.5, 0.6) is 0 Å². The molecule has 168 valence electrons. The van der Waals surface area contributed by atoms with Crippen molar-refractivity contribution in [2.45, 2.75) is 11.7 Å². The number of halogens is 4. The molecule has 4 aromatic rings. The fourth-order valence-corrected chi connectivity index (χ4v) is 3.91. The van der Waals surface area contributed by atoms with Crippen molar-refractivity contribution in [3.63, 3.8) is 0 Å². The Morgan fingerprint density at radius 1 is 0.939 bits per heavy atom. The van der Waals surface area contributed by atoms with Gasteiger partial charge < -0.3 is 5.32 Å². The number of thioether (sulfide) groups is 1. The van der Waals surface area contributed by atoms with Gasteiger partial charge in [0.05, 0.1) is 28.9 Å². The van der Waals surface area contributed by atoms with E-state index in [1.165, 1.54) is 28.8 Å². The van der Waals surface area contributed by atoms with Gasteiger partial charge in [0.1, 0.15) is 5.82 Å². The summed E-state index contributed by atoms with van der Waals surface area (Å²) in [6.45, 7) is 0.0820. The van der Waals surface area contributed by atoms with Crippen molar-refractivity contribution in [3.05, 3.63) is 99.8 Å². The molecule has 0 spiro atoms. The zero-order valence-electron chi connectivity index (χ0n) is 16.8. The predicted molar refractivity (Wildman–Crippen MR) is 117 cm³/mol. The van der Waals surface area contributed by atoms with E-state index in [-0.39, 0.29) is 23.0 Å². The number of hydrogen-bond acceptors (Lipinski definition) is 4. The molecule has 5 nitrogen and oxygen atoms in total. The van der Waals surface area contributed by atoms with Gasteiger partial charge >= 0.3 is 0 Å². The van der Waals surface area contributed by atoms with E-state index >= 15 is 0 Å². The number of nitrogens with one attached hydrogen (secondary N) is 1. The first kappa shape index (κ1) is 22.5. The number of benzene rings is 3. The third-order valence-corrected chi connectivity index (χ3v) is 5.70. The van der Waals surface area contributed by atoms with Crippen LogP contribution in [0.1, 0.15) is 5.56 Å². The molecule has 0 aliphatic carbocycles. The van der Waals surface area contributed by atoms with Gasteiger partial charge in [-0.1, -0.05) is 36.0 Å². The summed E-state index contributed by atoms with van der Waals surface area (Å²) < 4.78 is 54.9. The Kier molecular flexibility index (Phi) is 6.45. The highest BCUT2D eigenvalue weighted by molar-refractivity contribution is 7.99. The molecule has 0 bridgehead atoms. The minimum Gasteiger partial charge on any atom is -0.323 e. The van der Waals surface area contributed by atoms with Crippen molar-refractivity contribution in [2.75, 3.05) is 11.1 Å². The molecule has 3 aromatic carbocycles. The second kappa shape index (κ2) is 9.45. The molecule has 0 radical (unpaired) electrons. The van der Waals surface area contributed by atoms with E-state index in [1.807, 2.05) is 0 Å². The van der Waals surface area contributed by atoms with Crippen LogP contribution in [0.4, 0.5) is 23.2 Å². The van der Waals surface area contributed by atoms with Crippen molar-refractivity contribution in [2.24, 2.45) is 0 Å². The number of amides is 1. The number of anilines is 1. The molecular formula is C23H15F4N3O2S. The van der Waals surface area contributed by atoms with Gasteiger partial charge in [-0.25, -0.2) is 22.5 Å². The van der Waals surface area contributed by atoms with Gasteiger partial charge in [-0.05, 0) is 42.0 Å². The lowest BCUT2D eigenvalue weighted by atomic mass is 10.2. The lowest BCUT2D eigenvalue weighted by Crippen LogP contribution is -2.25. The largest absolute Gasteiger partial charge is 0.323 e. The topological polar surface area (TPSA) is 64.0 Å². The van der Waals surface area contributed by atoms with E-state index < -0.39 is 34.9 Å². The summed E-state index contributed by atoms with van der Waals surface area (Å²) in [7, 11) is 0. The predicted octanol–water partition coefficient (Wildman–Crippen LogP) is 4.73. The highest BCUT2D eigenvalue weighted by Gasteiger charge is 2.17. The summed E-state index contributed by atoms with van der Waals surface area (Å²) >= 11 is 0.914. The fraction of sp³-hybridized carbons (Fsp3) is 0.0870. The minimum absolute atomic E-state index is 0.0820. The number of fused-ring (bicyclic) bond motifs is 1. The van der Waals surface area contributed by atoms with Gasteiger partial charge in [0.2, 0.25) is 5.91 Å². The number of hydrogen-bond donors (Lipinski definition) is 1. The molecule has 0 aliphatic heterocycles. The monoisotopic (exact) mass is 473 g/mol. The molecule has 0 fully saturated rings. The average Bonchev–Trinajstić information content (AvgIpc) is 2.81. The standard InChI is InChI=1S/C23H15F4N3O2S/c24-14-7-5-13(6-8-14)11-30-22(32)15-3-1-2-4-17(15)29-23(30)33-12-19(31)28-18-10-9-16(25)20(26)21(18)27/h1-10H,11-12H2,(H,28,31). The van der Waals surface area contributed by atoms with Crippen LogP contribution in [0, 0.1) is 23.3 Å². The molecule has 4 rings (SSSR count). The first-order chi connectivity index (χ1) is 15.8. The molecule has 0 atom stereocenters. The number of carbonyl (C=O) groups is 1. The number of aromatic nitrogens is 2. The normalized spacial score (nSPS) is 11.0. The zero-order chi connectivity index (χ0) is 23.5. The van der Waals surface area contributed by atoms with E-state index in [9.17, 15) is 27.2 Å².